The van der Waals surface area contributed by atoms with Gasteiger partial charge in [-0.15, -0.1) is 0 Å². The zero-order chi connectivity index (χ0) is 22.4. The number of benzene rings is 3. The molecule has 0 bridgehead atoms. The van der Waals surface area contributed by atoms with Crippen LogP contribution in [0.3, 0.4) is 0 Å². The Balaban J connectivity index is 1.42. The molecule has 0 saturated carbocycles. The molecule has 3 aromatic carbocycles. The van der Waals surface area contributed by atoms with Gasteiger partial charge in [0.2, 0.25) is 0 Å². The van der Waals surface area contributed by atoms with Crippen LogP contribution in [0.5, 0.6) is 5.75 Å². The van der Waals surface area contributed by atoms with Crippen molar-refractivity contribution in [2.75, 3.05) is 20.2 Å². The SMILES string of the molecule is COc1cccc(C23CCN(Cc4ccccc4)CC2Cc2c([nH]c4c(C)cccc24)C3)c1. The zero-order valence-electron chi connectivity index (χ0n) is 19.6. The largest absolute Gasteiger partial charge is 0.497 e. The normalized spacial score (nSPS) is 22.7. The van der Waals surface area contributed by atoms with Crippen molar-refractivity contribution >= 4 is 10.9 Å². The van der Waals surface area contributed by atoms with E-state index in [0.717, 1.165) is 38.2 Å². The summed E-state index contributed by atoms with van der Waals surface area (Å²) in [6.45, 7) is 5.50. The Morgan fingerprint density at radius 3 is 2.73 bits per heavy atom. The molecule has 1 aliphatic heterocycles. The molecule has 0 spiro atoms. The number of hydrogen-bond donors (Lipinski definition) is 1. The first-order chi connectivity index (χ1) is 16.2. The number of para-hydroxylation sites is 1. The molecule has 2 aliphatic rings. The molecular formula is C30H32N2O. The maximum atomic E-state index is 5.64. The number of aromatic nitrogens is 1. The third kappa shape index (κ3) is 3.46. The van der Waals surface area contributed by atoms with Gasteiger partial charge in [-0.25, -0.2) is 0 Å². The van der Waals surface area contributed by atoms with Crippen molar-refractivity contribution in [1.82, 2.24) is 9.88 Å². The second kappa shape index (κ2) is 8.07. The van der Waals surface area contributed by atoms with Gasteiger partial charge in [0.1, 0.15) is 5.75 Å². The van der Waals surface area contributed by atoms with E-state index in [1.807, 2.05) is 0 Å². The van der Waals surface area contributed by atoms with Crippen molar-refractivity contribution in [3.05, 3.63) is 101 Å². The van der Waals surface area contributed by atoms with Crippen LogP contribution in [-0.4, -0.2) is 30.1 Å². The van der Waals surface area contributed by atoms with E-state index < -0.39 is 0 Å². The minimum absolute atomic E-state index is 0.142. The molecule has 1 saturated heterocycles. The van der Waals surface area contributed by atoms with Crippen LogP contribution in [0, 0.1) is 12.8 Å². The van der Waals surface area contributed by atoms with Gasteiger partial charge in [0.05, 0.1) is 7.11 Å². The summed E-state index contributed by atoms with van der Waals surface area (Å²) in [6.07, 6.45) is 3.38. The van der Waals surface area contributed by atoms with Gasteiger partial charge in [0, 0.05) is 35.1 Å². The molecule has 4 aromatic rings. The van der Waals surface area contributed by atoms with E-state index in [2.05, 4.69) is 89.6 Å². The number of H-pyrrole nitrogens is 1. The molecule has 0 radical (unpaired) electrons. The Labute approximate surface area is 196 Å². The van der Waals surface area contributed by atoms with Gasteiger partial charge >= 0.3 is 0 Å². The van der Waals surface area contributed by atoms with E-state index in [1.54, 1.807) is 12.7 Å². The Morgan fingerprint density at radius 1 is 1.03 bits per heavy atom. The molecule has 2 atom stereocenters. The van der Waals surface area contributed by atoms with Crippen LogP contribution in [0.1, 0.15) is 34.4 Å². The summed E-state index contributed by atoms with van der Waals surface area (Å²) in [5.41, 5.74) is 8.63. The van der Waals surface area contributed by atoms with Crippen LogP contribution in [-0.2, 0) is 24.8 Å². The Kier molecular flexibility index (Phi) is 5.03. The third-order valence-electron chi connectivity index (χ3n) is 8.21. The average molecular weight is 437 g/mol. The highest BCUT2D eigenvalue weighted by atomic mass is 16.5. The van der Waals surface area contributed by atoms with Gasteiger partial charge in [0.25, 0.3) is 0 Å². The second-order valence-electron chi connectivity index (χ2n) is 10.0. The van der Waals surface area contributed by atoms with Gasteiger partial charge in [0.15, 0.2) is 0 Å². The number of piperidine rings is 1. The molecule has 3 heteroatoms. The fraction of sp³-hybridized carbons (Fsp3) is 0.333. The molecule has 1 fully saturated rings. The van der Waals surface area contributed by atoms with E-state index in [0.29, 0.717) is 5.92 Å². The fourth-order valence-electron chi connectivity index (χ4n) is 6.45. The lowest BCUT2D eigenvalue weighted by Crippen LogP contribution is -2.53. The third-order valence-corrected chi connectivity index (χ3v) is 8.21. The number of nitrogens with zero attached hydrogens (tertiary/aromatic N) is 1. The van der Waals surface area contributed by atoms with Crippen molar-refractivity contribution in [1.29, 1.82) is 0 Å². The molecule has 2 heterocycles. The van der Waals surface area contributed by atoms with E-state index in [9.17, 15) is 0 Å². The fourth-order valence-corrected chi connectivity index (χ4v) is 6.45. The summed E-state index contributed by atoms with van der Waals surface area (Å²) < 4.78 is 5.64. The minimum Gasteiger partial charge on any atom is -0.497 e. The van der Waals surface area contributed by atoms with Crippen LogP contribution in [0.4, 0.5) is 0 Å². The lowest BCUT2D eigenvalue weighted by atomic mass is 9.58. The summed E-state index contributed by atoms with van der Waals surface area (Å²) in [7, 11) is 1.77. The number of nitrogens with one attached hydrogen (secondary N) is 1. The molecular weight excluding hydrogens is 404 g/mol. The highest BCUT2D eigenvalue weighted by Crippen LogP contribution is 2.49. The monoisotopic (exact) mass is 436 g/mol. The van der Waals surface area contributed by atoms with Crippen molar-refractivity contribution in [3.8, 4) is 5.75 Å². The van der Waals surface area contributed by atoms with Gasteiger partial charge in [-0.3, -0.25) is 4.90 Å². The second-order valence-corrected chi connectivity index (χ2v) is 10.0. The highest BCUT2D eigenvalue weighted by molar-refractivity contribution is 5.87. The molecule has 6 rings (SSSR count). The van der Waals surface area contributed by atoms with E-state index in [1.165, 1.54) is 39.7 Å². The molecule has 1 aliphatic carbocycles. The molecule has 1 N–H and O–H groups in total. The first-order valence-electron chi connectivity index (χ1n) is 12.2. The van der Waals surface area contributed by atoms with Crippen LogP contribution in [0.25, 0.3) is 10.9 Å². The van der Waals surface area contributed by atoms with Crippen LogP contribution < -0.4 is 4.74 Å². The lowest BCUT2D eigenvalue weighted by Gasteiger charge is -2.51. The van der Waals surface area contributed by atoms with Gasteiger partial charge in [-0.05, 0) is 73.0 Å². The van der Waals surface area contributed by atoms with Crippen molar-refractivity contribution in [2.24, 2.45) is 5.92 Å². The number of rotatable bonds is 4. The first-order valence-corrected chi connectivity index (χ1v) is 12.2. The molecule has 3 nitrogen and oxygen atoms in total. The predicted octanol–water partition coefficient (Wildman–Crippen LogP) is 6.04. The molecule has 168 valence electrons. The van der Waals surface area contributed by atoms with E-state index in [4.69, 9.17) is 4.74 Å². The average Bonchev–Trinajstić information content (AvgIpc) is 3.22. The number of hydrogen-bond acceptors (Lipinski definition) is 2. The Hall–Kier alpha value is -3.04. The van der Waals surface area contributed by atoms with Crippen LogP contribution in [0.15, 0.2) is 72.8 Å². The quantitative estimate of drug-likeness (QED) is 0.422. The minimum atomic E-state index is 0.142. The van der Waals surface area contributed by atoms with Crippen molar-refractivity contribution in [3.63, 3.8) is 0 Å². The number of aromatic amines is 1. The van der Waals surface area contributed by atoms with Gasteiger partial charge in [-0.2, -0.15) is 0 Å². The van der Waals surface area contributed by atoms with Crippen LogP contribution in [0.2, 0.25) is 0 Å². The summed E-state index contributed by atoms with van der Waals surface area (Å²) in [5, 5.41) is 1.42. The maximum Gasteiger partial charge on any atom is 0.119 e. The maximum absolute atomic E-state index is 5.64. The van der Waals surface area contributed by atoms with Gasteiger partial charge in [-0.1, -0.05) is 60.7 Å². The topological polar surface area (TPSA) is 28.3 Å². The summed E-state index contributed by atoms with van der Waals surface area (Å²) in [5.74, 6) is 1.54. The van der Waals surface area contributed by atoms with Crippen molar-refractivity contribution < 1.29 is 4.74 Å². The number of ether oxygens (including phenoxy) is 1. The molecule has 0 amide bonds. The number of fused-ring (bicyclic) bond motifs is 4. The van der Waals surface area contributed by atoms with Crippen molar-refractivity contribution in [2.45, 2.75) is 38.1 Å². The summed E-state index contributed by atoms with van der Waals surface area (Å²) >= 11 is 0. The van der Waals surface area contributed by atoms with E-state index >= 15 is 0 Å². The molecule has 2 unspecified atom stereocenters. The van der Waals surface area contributed by atoms with Crippen LogP contribution >= 0.6 is 0 Å². The number of likely N-dealkylation sites (tertiary alicyclic amines) is 1. The van der Waals surface area contributed by atoms with E-state index in [-0.39, 0.29) is 5.41 Å². The predicted molar refractivity (Wildman–Crippen MR) is 135 cm³/mol. The Bertz CT molecular complexity index is 1290. The lowest BCUT2D eigenvalue weighted by molar-refractivity contribution is 0.0765. The number of aryl methyl sites for hydroxylation is 1. The standard InChI is InChI=1S/C30H32N2O/c1-21-8-6-13-26-27-17-24-20-32(19-22-9-4-3-5-10-22)15-14-30(24,18-28(27)31-29(21)26)23-11-7-12-25(16-23)33-2/h3-13,16,24,31H,14-15,17-20H2,1-2H3. The molecule has 1 aromatic heterocycles. The summed E-state index contributed by atoms with van der Waals surface area (Å²) in [4.78, 5) is 6.52. The van der Waals surface area contributed by atoms with Gasteiger partial charge < -0.3 is 9.72 Å². The molecule has 33 heavy (non-hydrogen) atoms. The first kappa shape index (κ1) is 20.6. The zero-order valence-corrected chi connectivity index (χ0v) is 19.6. The number of methoxy groups -OCH3 is 1. The highest BCUT2D eigenvalue weighted by Gasteiger charge is 2.48. The summed E-state index contributed by atoms with van der Waals surface area (Å²) in [6, 6.07) is 26.5. The Morgan fingerprint density at radius 2 is 1.88 bits per heavy atom. The smallest absolute Gasteiger partial charge is 0.119 e.